The Labute approximate surface area is 102 Å². The van der Waals surface area contributed by atoms with Gasteiger partial charge in [-0.2, -0.15) is 0 Å². The smallest absolute Gasteiger partial charge is 0.306 e. The first-order valence-corrected chi connectivity index (χ1v) is 5.12. The molecular formula is C12H11F3O3. The van der Waals surface area contributed by atoms with Crippen LogP contribution < -0.4 is 0 Å². The standard InChI is InChI=1S/C12H11F3O3/c1-6(3-10(16)18-2)12(17)7-4-8(13)11(15)9(14)5-7/h4-6H,3H2,1-2H3. The maximum Gasteiger partial charge on any atom is 0.306 e. The van der Waals surface area contributed by atoms with E-state index in [0.717, 1.165) is 7.11 Å². The highest BCUT2D eigenvalue weighted by molar-refractivity contribution is 5.99. The summed E-state index contributed by atoms with van der Waals surface area (Å²) in [4.78, 5) is 22.7. The Bertz CT molecular complexity index is 462. The van der Waals surface area contributed by atoms with Crippen LogP contribution in [0.1, 0.15) is 23.7 Å². The summed E-state index contributed by atoms with van der Waals surface area (Å²) >= 11 is 0. The van der Waals surface area contributed by atoms with Gasteiger partial charge < -0.3 is 4.74 Å². The van der Waals surface area contributed by atoms with E-state index in [1.807, 2.05) is 0 Å². The van der Waals surface area contributed by atoms with Crippen molar-refractivity contribution in [3.05, 3.63) is 35.1 Å². The van der Waals surface area contributed by atoms with Crippen molar-refractivity contribution in [1.82, 2.24) is 0 Å². The second-order valence-electron chi connectivity index (χ2n) is 3.80. The number of ketones is 1. The van der Waals surface area contributed by atoms with Gasteiger partial charge in [-0.1, -0.05) is 6.92 Å². The minimum absolute atomic E-state index is 0.212. The summed E-state index contributed by atoms with van der Waals surface area (Å²) in [5.74, 6) is -6.58. The van der Waals surface area contributed by atoms with E-state index in [-0.39, 0.29) is 12.0 Å². The van der Waals surface area contributed by atoms with Crippen LogP contribution in [0.15, 0.2) is 12.1 Å². The van der Waals surface area contributed by atoms with Crippen molar-refractivity contribution in [2.24, 2.45) is 5.92 Å². The number of esters is 1. The molecule has 18 heavy (non-hydrogen) atoms. The molecule has 0 saturated heterocycles. The normalized spacial score (nSPS) is 12.1. The molecule has 1 unspecified atom stereocenters. The Balaban J connectivity index is 2.94. The Morgan fingerprint density at radius 3 is 2.17 bits per heavy atom. The number of Topliss-reactive ketones (excluding diaryl/α,β-unsaturated/α-hetero) is 1. The first-order valence-electron chi connectivity index (χ1n) is 5.12. The molecule has 0 aliphatic carbocycles. The fourth-order valence-electron chi connectivity index (χ4n) is 1.41. The number of methoxy groups -OCH3 is 1. The predicted octanol–water partition coefficient (Wildman–Crippen LogP) is 2.49. The van der Waals surface area contributed by atoms with E-state index in [2.05, 4.69) is 4.74 Å². The van der Waals surface area contributed by atoms with Crippen molar-refractivity contribution >= 4 is 11.8 Å². The first kappa shape index (κ1) is 14.2. The van der Waals surface area contributed by atoms with Crippen molar-refractivity contribution in [2.75, 3.05) is 7.11 Å². The molecule has 3 nitrogen and oxygen atoms in total. The highest BCUT2D eigenvalue weighted by atomic mass is 19.2. The van der Waals surface area contributed by atoms with Gasteiger partial charge in [-0.25, -0.2) is 13.2 Å². The molecule has 98 valence electrons. The molecule has 6 heteroatoms. The number of rotatable bonds is 4. The molecular weight excluding hydrogens is 249 g/mol. The number of hydrogen-bond donors (Lipinski definition) is 0. The van der Waals surface area contributed by atoms with E-state index in [1.54, 1.807) is 0 Å². The number of halogens is 3. The molecule has 0 fully saturated rings. The van der Waals surface area contributed by atoms with Gasteiger partial charge in [0.25, 0.3) is 0 Å². The molecule has 0 spiro atoms. The van der Waals surface area contributed by atoms with E-state index in [0.29, 0.717) is 12.1 Å². The lowest BCUT2D eigenvalue weighted by molar-refractivity contribution is -0.141. The van der Waals surface area contributed by atoms with Crippen molar-refractivity contribution in [3.63, 3.8) is 0 Å². The van der Waals surface area contributed by atoms with Gasteiger partial charge in [0.1, 0.15) is 0 Å². The molecule has 0 aromatic heterocycles. The van der Waals surface area contributed by atoms with Crippen LogP contribution in [-0.4, -0.2) is 18.9 Å². The van der Waals surface area contributed by atoms with Crippen LogP contribution in [-0.2, 0) is 9.53 Å². The lowest BCUT2D eigenvalue weighted by Gasteiger charge is -2.09. The summed E-state index contributed by atoms with van der Waals surface area (Å²) in [6.45, 7) is 1.42. The predicted molar refractivity (Wildman–Crippen MR) is 56.4 cm³/mol. The van der Waals surface area contributed by atoms with Gasteiger partial charge in [-0.05, 0) is 12.1 Å². The molecule has 0 heterocycles. The highest BCUT2D eigenvalue weighted by Gasteiger charge is 2.22. The molecule has 1 atom stereocenters. The van der Waals surface area contributed by atoms with Gasteiger partial charge in [0, 0.05) is 11.5 Å². The third-order valence-corrected chi connectivity index (χ3v) is 2.42. The lowest BCUT2D eigenvalue weighted by atomic mass is 9.96. The van der Waals surface area contributed by atoms with Crippen LogP contribution in [0, 0.1) is 23.4 Å². The average molecular weight is 260 g/mol. The van der Waals surface area contributed by atoms with Gasteiger partial charge in [0.05, 0.1) is 13.5 Å². The molecule has 0 aliphatic heterocycles. The first-order chi connectivity index (χ1) is 8.36. The summed E-state index contributed by atoms with van der Waals surface area (Å²) in [6, 6.07) is 1.21. The maximum atomic E-state index is 12.9. The highest BCUT2D eigenvalue weighted by Crippen LogP contribution is 2.18. The van der Waals surface area contributed by atoms with E-state index in [1.165, 1.54) is 6.92 Å². The fourth-order valence-corrected chi connectivity index (χ4v) is 1.41. The molecule has 1 aromatic rings. The van der Waals surface area contributed by atoms with Gasteiger partial charge in [-0.15, -0.1) is 0 Å². The monoisotopic (exact) mass is 260 g/mol. The third kappa shape index (κ3) is 3.09. The third-order valence-electron chi connectivity index (χ3n) is 2.42. The van der Waals surface area contributed by atoms with Crippen LogP contribution in [0.5, 0.6) is 0 Å². The van der Waals surface area contributed by atoms with Gasteiger partial charge >= 0.3 is 5.97 Å². The number of ether oxygens (including phenoxy) is 1. The average Bonchev–Trinajstić information content (AvgIpc) is 2.33. The topological polar surface area (TPSA) is 43.4 Å². The maximum absolute atomic E-state index is 12.9. The number of carbonyl (C=O) groups is 2. The van der Waals surface area contributed by atoms with E-state index < -0.39 is 35.1 Å². The molecule has 0 bridgehead atoms. The number of benzene rings is 1. The minimum atomic E-state index is -1.63. The molecule has 0 N–H and O–H groups in total. The summed E-state index contributed by atoms with van der Waals surface area (Å²) < 4.78 is 42.9. The summed E-state index contributed by atoms with van der Waals surface area (Å²) in [7, 11) is 1.16. The molecule has 1 aromatic carbocycles. The second kappa shape index (κ2) is 5.66. The van der Waals surface area contributed by atoms with Crippen LogP contribution >= 0.6 is 0 Å². The summed E-state index contributed by atoms with van der Waals surface area (Å²) in [5, 5.41) is 0. The molecule has 0 amide bonds. The molecule has 0 radical (unpaired) electrons. The van der Waals surface area contributed by atoms with Gasteiger partial charge in [-0.3, -0.25) is 9.59 Å². The van der Waals surface area contributed by atoms with Crippen LogP contribution in [0.3, 0.4) is 0 Å². The lowest BCUT2D eigenvalue weighted by Crippen LogP contribution is -2.17. The molecule has 1 rings (SSSR count). The zero-order valence-corrected chi connectivity index (χ0v) is 9.80. The molecule has 0 saturated carbocycles. The SMILES string of the molecule is COC(=O)CC(C)C(=O)c1cc(F)c(F)c(F)c1. The van der Waals surface area contributed by atoms with Crippen molar-refractivity contribution in [2.45, 2.75) is 13.3 Å². The zero-order valence-electron chi connectivity index (χ0n) is 9.80. The Kier molecular flexibility index (Phi) is 4.47. The van der Waals surface area contributed by atoms with Crippen LogP contribution in [0.4, 0.5) is 13.2 Å². The van der Waals surface area contributed by atoms with Crippen LogP contribution in [0.2, 0.25) is 0 Å². The number of carbonyl (C=O) groups excluding carboxylic acids is 2. The van der Waals surface area contributed by atoms with Gasteiger partial charge in [0.15, 0.2) is 23.2 Å². The van der Waals surface area contributed by atoms with Crippen molar-refractivity contribution in [3.8, 4) is 0 Å². The minimum Gasteiger partial charge on any atom is -0.469 e. The van der Waals surface area contributed by atoms with Crippen molar-refractivity contribution < 1.29 is 27.5 Å². The largest absolute Gasteiger partial charge is 0.469 e. The Hall–Kier alpha value is -1.85. The Morgan fingerprint density at radius 1 is 1.22 bits per heavy atom. The van der Waals surface area contributed by atoms with Crippen molar-refractivity contribution in [1.29, 1.82) is 0 Å². The zero-order chi connectivity index (χ0) is 13.9. The second-order valence-corrected chi connectivity index (χ2v) is 3.80. The molecule has 0 aliphatic rings. The number of hydrogen-bond acceptors (Lipinski definition) is 3. The summed E-state index contributed by atoms with van der Waals surface area (Å²) in [5.41, 5.74) is -0.317. The quantitative estimate of drug-likeness (QED) is 0.474. The van der Waals surface area contributed by atoms with E-state index >= 15 is 0 Å². The van der Waals surface area contributed by atoms with E-state index in [4.69, 9.17) is 0 Å². The fraction of sp³-hybridized carbons (Fsp3) is 0.333. The van der Waals surface area contributed by atoms with Crippen LogP contribution in [0.25, 0.3) is 0 Å². The summed E-state index contributed by atoms with van der Waals surface area (Å²) in [6.07, 6.45) is -0.212. The van der Waals surface area contributed by atoms with E-state index in [9.17, 15) is 22.8 Å². The van der Waals surface area contributed by atoms with Gasteiger partial charge in [0.2, 0.25) is 0 Å². The Morgan fingerprint density at radius 2 is 1.72 bits per heavy atom.